The van der Waals surface area contributed by atoms with Crippen molar-refractivity contribution in [3.63, 3.8) is 0 Å². The molecule has 2 aliphatic rings. The van der Waals surface area contributed by atoms with Gasteiger partial charge in [-0.2, -0.15) is 0 Å². The highest BCUT2D eigenvalue weighted by molar-refractivity contribution is 6.67. The van der Waals surface area contributed by atoms with Gasteiger partial charge in [0, 0.05) is 18.8 Å². The third-order valence-electron chi connectivity index (χ3n) is 4.29. The molecule has 1 aromatic rings. The highest BCUT2D eigenvalue weighted by Crippen LogP contribution is 2.35. The minimum Gasteiger partial charge on any atom is -0.415 e. The highest BCUT2D eigenvalue weighted by Gasteiger charge is 2.41. The van der Waals surface area contributed by atoms with Crippen molar-refractivity contribution in [1.82, 2.24) is 4.90 Å². The number of hydrogen-bond acceptors (Lipinski definition) is 5. The number of aliphatic hydroxyl groups is 1. The van der Waals surface area contributed by atoms with Crippen LogP contribution in [0.4, 0.5) is 16.2 Å². The number of carbonyl (C=O) groups is 2. The molecule has 0 radical (unpaired) electrons. The van der Waals surface area contributed by atoms with Crippen LogP contribution in [-0.4, -0.2) is 51.2 Å². The van der Waals surface area contributed by atoms with Gasteiger partial charge in [-0.3, -0.25) is 9.69 Å². The zero-order chi connectivity index (χ0) is 18.4. The highest BCUT2D eigenvalue weighted by atomic mass is 35.6. The Morgan fingerprint density at radius 2 is 2.12 bits per heavy atom. The summed E-state index contributed by atoms with van der Waals surface area (Å²) < 4.78 is 2.68. The van der Waals surface area contributed by atoms with Crippen molar-refractivity contribution >= 4 is 58.2 Å². The van der Waals surface area contributed by atoms with Gasteiger partial charge in [0.25, 0.3) is 9.70 Å². The van der Waals surface area contributed by atoms with Crippen molar-refractivity contribution in [2.75, 3.05) is 23.7 Å². The Labute approximate surface area is 159 Å². The molecule has 2 aliphatic heterocycles. The van der Waals surface area contributed by atoms with Gasteiger partial charge in [-0.25, -0.2) is 4.79 Å². The molecule has 1 saturated heterocycles. The predicted octanol–water partition coefficient (Wildman–Crippen LogP) is 2.52. The molecule has 0 spiro atoms. The number of nitrogen functional groups attached to an aromatic ring is 1. The van der Waals surface area contributed by atoms with Gasteiger partial charge < -0.3 is 20.5 Å². The van der Waals surface area contributed by atoms with E-state index in [0.717, 1.165) is 12.8 Å². The van der Waals surface area contributed by atoms with Crippen LogP contribution in [0.25, 0.3) is 0 Å². The molecule has 1 aromatic carbocycles. The summed E-state index contributed by atoms with van der Waals surface area (Å²) in [4.78, 5) is 28.3. The van der Waals surface area contributed by atoms with Crippen molar-refractivity contribution in [3.05, 3.63) is 23.8 Å². The van der Waals surface area contributed by atoms with Crippen molar-refractivity contribution in [2.45, 2.75) is 29.0 Å². The molecule has 1 fully saturated rings. The zero-order valence-corrected chi connectivity index (χ0v) is 15.3. The summed E-state index contributed by atoms with van der Waals surface area (Å²) >= 11 is 16.6. The fraction of sp³-hybridized carbons (Fsp3) is 0.467. The molecule has 25 heavy (non-hydrogen) atoms. The first-order valence-corrected chi connectivity index (χ1v) is 8.75. The third-order valence-corrected chi connectivity index (χ3v) is 4.85. The summed E-state index contributed by atoms with van der Waals surface area (Å²) in [7, 11) is 0. The van der Waals surface area contributed by atoms with E-state index in [0.29, 0.717) is 23.5 Å². The van der Waals surface area contributed by atoms with Gasteiger partial charge in [-0.05, 0) is 31.0 Å². The number of hydrogen-bond donors (Lipinski definition) is 2. The molecule has 2 unspecified atom stereocenters. The van der Waals surface area contributed by atoms with Crippen molar-refractivity contribution in [3.8, 4) is 0 Å². The fourth-order valence-corrected chi connectivity index (χ4v) is 3.24. The van der Waals surface area contributed by atoms with E-state index in [1.54, 1.807) is 17.0 Å². The van der Waals surface area contributed by atoms with Gasteiger partial charge in [-0.1, -0.05) is 34.8 Å². The Balaban J connectivity index is 1.97. The summed E-state index contributed by atoms with van der Waals surface area (Å²) in [6.45, 7) is 0.820. The van der Waals surface area contributed by atoms with E-state index in [9.17, 15) is 14.7 Å². The minimum atomic E-state index is -2.19. The molecule has 136 valence electrons. The minimum absolute atomic E-state index is 0.154. The number of nitrogens with two attached hydrogens (primary N) is 1. The second kappa shape index (κ2) is 6.72. The lowest BCUT2D eigenvalue weighted by molar-refractivity contribution is -0.0456. The smallest absolute Gasteiger partial charge is 0.415 e. The largest absolute Gasteiger partial charge is 0.416 e. The standard InChI is InChI=1S/C15H16Cl3N3O4/c16-15(17,18)13(23)25-14(24)21-7-9-2-1-5-20(9)12(22)10-4-3-8(19)6-11(10)21/h3-4,6,9,13,23H,1-2,5,7,19H2. The van der Waals surface area contributed by atoms with Crippen LogP contribution in [0.2, 0.25) is 0 Å². The zero-order valence-electron chi connectivity index (χ0n) is 13.0. The topological polar surface area (TPSA) is 96.1 Å². The number of halogens is 3. The van der Waals surface area contributed by atoms with Crippen LogP contribution in [0.15, 0.2) is 18.2 Å². The maximum atomic E-state index is 12.8. The lowest BCUT2D eigenvalue weighted by Gasteiger charge is -2.28. The SMILES string of the molecule is Nc1ccc2c(c1)N(C(=O)OC(O)C(Cl)(Cl)Cl)CC1CCCN1C2=O. The van der Waals surface area contributed by atoms with Crippen molar-refractivity contribution < 1.29 is 19.4 Å². The number of nitrogens with zero attached hydrogens (tertiary/aromatic N) is 2. The van der Waals surface area contributed by atoms with Gasteiger partial charge in [0.15, 0.2) is 0 Å². The number of ether oxygens (including phenoxy) is 1. The average molecular weight is 409 g/mol. The van der Waals surface area contributed by atoms with Crippen LogP contribution in [0.5, 0.6) is 0 Å². The molecular weight excluding hydrogens is 393 g/mol. The average Bonchev–Trinajstić information content (AvgIpc) is 2.95. The Hall–Kier alpha value is -1.41. The van der Waals surface area contributed by atoms with E-state index < -0.39 is 16.2 Å². The molecule has 10 heteroatoms. The second-order valence-corrected chi connectivity index (χ2v) is 8.33. The van der Waals surface area contributed by atoms with Crippen LogP contribution < -0.4 is 10.6 Å². The van der Waals surface area contributed by atoms with Gasteiger partial charge >= 0.3 is 6.09 Å². The Morgan fingerprint density at radius 3 is 2.80 bits per heavy atom. The van der Waals surface area contributed by atoms with E-state index >= 15 is 0 Å². The predicted molar refractivity (Wildman–Crippen MR) is 95.0 cm³/mol. The van der Waals surface area contributed by atoms with Crippen molar-refractivity contribution in [2.24, 2.45) is 0 Å². The summed E-state index contributed by atoms with van der Waals surface area (Å²) in [6.07, 6.45) is -1.27. The molecule has 3 rings (SSSR count). The Kier molecular flexibility index (Phi) is 4.94. The van der Waals surface area contributed by atoms with Gasteiger partial charge in [0.2, 0.25) is 6.29 Å². The molecule has 0 saturated carbocycles. The summed E-state index contributed by atoms with van der Waals surface area (Å²) in [5.41, 5.74) is 6.83. The Morgan fingerprint density at radius 1 is 1.40 bits per heavy atom. The molecule has 0 aromatic heterocycles. The van der Waals surface area contributed by atoms with Crippen LogP contribution in [0.3, 0.4) is 0 Å². The van der Waals surface area contributed by atoms with Gasteiger partial charge in [-0.15, -0.1) is 0 Å². The van der Waals surface area contributed by atoms with E-state index in [2.05, 4.69) is 0 Å². The van der Waals surface area contributed by atoms with Crippen LogP contribution in [0.1, 0.15) is 23.2 Å². The first kappa shape index (κ1) is 18.4. The normalized spacial score (nSPS) is 21.4. The number of benzene rings is 1. The van der Waals surface area contributed by atoms with E-state index in [1.807, 2.05) is 0 Å². The van der Waals surface area contributed by atoms with Gasteiger partial charge in [0.05, 0.1) is 17.3 Å². The number of alkyl halides is 3. The second-order valence-electron chi connectivity index (χ2n) is 5.96. The van der Waals surface area contributed by atoms with E-state index in [1.165, 1.54) is 11.0 Å². The molecule has 3 N–H and O–H groups in total. The first-order chi connectivity index (χ1) is 11.7. The quantitative estimate of drug-likeness (QED) is 0.423. The Bertz CT molecular complexity index is 710. The molecule has 0 aliphatic carbocycles. The molecule has 2 atom stereocenters. The number of carbonyl (C=O) groups excluding carboxylic acids is 2. The molecule has 0 bridgehead atoms. The number of fused-ring (bicyclic) bond motifs is 2. The van der Waals surface area contributed by atoms with Crippen LogP contribution in [-0.2, 0) is 4.74 Å². The molecular formula is C15H16Cl3N3O4. The van der Waals surface area contributed by atoms with Crippen molar-refractivity contribution in [1.29, 1.82) is 0 Å². The van der Waals surface area contributed by atoms with Crippen LogP contribution >= 0.6 is 34.8 Å². The fourth-order valence-electron chi connectivity index (χ4n) is 3.11. The van der Waals surface area contributed by atoms with E-state index in [-0.39, 0.29) is 18.5 Å². The molecule has 2 heterocycles. The lowest BCUT2D eigenvalue weighted by atomic mass is 10.1. The number of rotatable bonds is 1. The first-order valence-electron chi connectivity index (χ1n) is 7.62. The van der Waals surface area contributed by atoms with Gasteiger partial charge in [0.1, 0.15) is 0 Å². The third kappa shape index (κ3) is 3.60. The lowest BCUT2D eigenvalue weighted by Crippen LogP contribution is -2.44. The summed E-state index contributed by atoms with van der Waals surface area (Å²) in [5.74, 6) is -0.172. The maximum Gasteiger partial charge on any atom is 0.416 e. The number of aliphatic hydroxyl groups excluding tert-OH is 1. The summed E-state index contributed by atoms with van der Waals surface area (Å²) in [6, 6.07) is 4.52. The molecule has 2 amide bonds. The monoisotopic (exact) mass is 407 g/mol. The molecule has 7 nitrogen and oxygen atoms in total. The number of anilines is 2. The van der Waals surface area contributed by atoms with E-state index in [4.69, 9.17) is 45.3 Å². The van der Waals surface area contributed by atoms with Crippen LogP contribution in [0, 0.1) is 0 Å². The maximum absolute atomic E-state index is 12.8. The summed E-state index contributed by atoms with van der Waals surface area (Å²) in [5, 5.41) is 9.73. The number of amides is 2.